The molecule has 2 rings (SSSR count). The zero-order valence-electron chi connectivity index (χ0n) is 14.7. The minimum atomic E-state index is -3.49. The lowest BCUT2D eigenvalue weighted by Gasteiger charge is -2.32. The number of nitrogens with zero attached hydrogens (tertiary/aromatic N) is 1. The molecule has 4 nitrogen and oxygen atoms in total. The Kier molecular flexibility index (Phi) is 5.31. The normalized spacial score (nSPS) is 17.7. The van der Waals surface area contributed by atoms with Crippen molar-refractivity contribution < 1.29 is 13.2 Å². The van der Waals surface area contributed by atoms with Crippen molar-refractivity contribution >= 4 is 15.8 Å². The minimum absolute atomic E-state index is 0.00154. The highest BCUT2D eigenvalue weighted by molar-refractivity contribution is 7.89. The number of carbonyl (C=O) groups excluding carboxylic acids is 1. The van der Waals surface area contributed by atoms with Crippen molar-refractivity contribution in [1.29, 1.82) is 0 Å². The lowest BCUT2D eigenvalue weighted by Crippen LogP contribution is -2.41. The van der Waals surface area contributed by atoms with Gasteiger partial charge in [0, 0.05) is 24.9 Å². The molecule has 23 heavy (non-hydrogen) atoms. The molecule has 1 aliphatic heterocycles. The first-order valence-electron chi connectivity index (χ1n) is 8.26. The van der Waals surface area contributed by atoms with Crippen LogP contribution in [-0.4, -0.2) is 31.6 Å². The molecule has 0 radical (unpaired) electrons. The van der Waals surface area contributed by atoms with E-state index in [9.17, 15) is 13.2 Å². The Morgan fingerprint density at radius 3 is 2.00 bits per heavy atom. The third-order valence-electron chi connectivity index (χ3n) is 4.63. The van der Waals surface area contributed by atoms with Gasteiger partial charge in [0.2, 0.25) is 10.0 Å². The molecular weight excluding hydrogens is 310 g/mol. The molecule has 0 saturated carbocycles. The quantitative estimate of drug-likeness (QED) is 0.847. The van der Waals surface area contributed by atoms with Gasteiger partial charge in [0.15, 0.2) is 0 Å². The molecule has 1 fully saturated rings. The van der Waals surface area contributed by atoms with Crippen LogP contribution in [0.25, 0.3) is 0 Å². The average molecular weight is 337 g/mol. The van der Waals surface area contributed by atoms with E-state index in [1.165, 1.54) is 0 Å². The van der Waals surface area contributed by atoms with Gasteiger partial charge in [-0.3, -0.25) is 4.79 Å². The summed E-state index contributed by atoms with van der Waals surface area (Å²) in [6.07, 6.45) is 1.25. The van der Waals surface area contributed by atoms with Crippen LogP contribution >= 0.6 is 0 Å². The van der Waals surface area contributed by atoms with Crippen LogP contribution in [0, 0.1) is 32.6 Å². The van der Waals surface area contributed by atoms with E-state index >= 15 is 0 Å². The lowest BCUT2D eigenvalue weighted by atomic mass is 9.88. The molecule has 0 unspecified atom stereocenters. The van der Waals surface area contributed by atoms with Gasteiger partial charge < -0.3 is 0 Å². The third kappa shape index (κ3) is 3.66. The standard InChI is InChI=1S/C18H27NO3S/c1-12(2)17(20)16-6-8-19(9-7-16)23(21,22)18-14(4)10-13(3)11-15(18)5/h10-12,16H,6-9H2,1-5H3. The Labute approximate surface area is 139 Å². The summed E-state index contributed by atoms with van der Waals surface area (Å²) in [4.78, 5) is 12.5. The molecule has 0 N–H and O–H groups in total. The Bertz CT molecular complexity index is 676. The van der Waals surface area contributed by atoms with Crippen LogP contribution in [-0.2, 0) is 14.8 Å². The number of sulfonamides is 1. The second-order valence-corrected chi connectivity index (χ2v) is 8.84. The van der Waals surface area contributed by atoms with Gasteiger partial charge in [-0.05, 0) is 44.7 Å². The summed E-state index contributed by atoms with van der Waals surface area (Å²) in [5.74, 6) is 0.274. The van der Waals surface area contributed by atoms with Crippen molar-refractivity contribution in [2.45, 2.75) is 52.4 Å². The molecule has 5 heteroatoms. The summed E-state index contributed by atoms with van der Waals surface area (Å²) in [5, 5.41) is 0. The average Bonchev–Trinajstić information content (AvgIpc) is 2.45. The number of rotatable bonds is 4. The summed E-state index contributed by atoms with van der Waals surface area (Å²) in [6, 6.07) is 3.82. The Balaban J connectivity index is 2.22. The van der Waals surface area contributed by atoms with Crippen molar-refractivity contribution in [3.8, 4) is 0 Å². The van der Waals surface area contributed by atoms with Gasteiger partial charge in [0.05, 0.1) is 4.90 Å². The highest BCUT2D eigenvalue weighted by atomic mass is 32.2. The van der Waals surface area contributed by atoms with Gasteiger partial charge in [-0.25, -0.2) is 8.42 Å². The number of carbonyl (C=O) groups is 1. The molecule has 0 amide bonds. The number of ketones is 1. The number of piperidine rings is 1. The molecule has 1 aromatic rings. The SMILES string of the molecule is Cc1cc(C)c(S(=O)(=O)N2CCC(C(=O)C(C)C)CC2)c(C)c1. The van der Waals surface area contributed by atoms with Gasteiger partial charge in [-0.15, -0.1) is 0 Å². The number of aryl methyl sites for hydroxylation is 3. The van der Waals surface area contributed by atoms with Gasteiger partial charge in [-0.2, -0.15) is 4.31 Å². The second-order valence-electron chi connectivity index (χ2n) is 6.96. The number of hydrogen-bond acceptors (Lipinski definition) is 3. The van der Waals surface area contributed by atoms with Crippen LogP contribution in [0.3, 0.4) is 0 Å². The summed E-state index contributed by atoms with van der Waals surface area (Å²) >= 11 is 0. The van der Waals surface area contributed by atoms with Crippen molar-refractivity contribution in [2.75, 3.05) is 13.1 Å². The van der Waals surface area contributed by atoms with Crippen LogP contribution in [0.1, 0.15) is 43.4 Å². The topological polar surface area (TPSA) is 54.5 Å². The van der Waals surface area contributed by atoms with Crippen molar-refractivity contribution in [1.82, 2.24) is 4.31 Å². The fourth-order valence-electron chi connectivity index (χ4n) is 3.55. The van der Waals surface area contributed by atoms with E-state index in [2.05, 4.69) is 0 Å². The first kappa shape index (κ1) is 18.1. The molecule has 0 bridgehead atoms. The maximum Gasteiger partial charge on any atom is 0.243 e. The molecule has 1 aliphatic rings. The summed E-state index contributed by atoms with van der Waals surface area (Å²) in [5.41, 5.74) is 2.66. The van der Waals surface area contributed by atoms with Crippen molar-refractivity contribution in [3.05, 3.63) is 28.8 Å². The number of benzene rings is 1. The third-order valence-corrected chi connectivity index (χ3v) is 6.83. The van der Waals surface area contributed by atoms with E-state index in [1.807, 2.05) is 46.8 Å². The van der Waals surface area contributed by atoms with Gasteiger partial charge >= 0.3 is 0 Å². The van der Waals surface area contributed by atoms with Crippen LogP contribution in [0.2, 0.25) is 0 Å². The number of hydrogen-bond donors (Lipinski definition) is 0. The Hall–Kier alpha value is -1.20. The largest absolute Gasteiger partial charge is 0.299 e. The van der Waals surface area contributed by atoms with E-state index in [0.29, 0.717) is 30.8 Å². The summed E-state index contributed by atoms with van der Waals surface area (Å²) in [6.45, 7) is 10.3. The van der Waals surface area contributed by atoms with Crippen LogP contribution < -0.4 is 0 Å². The van der Waals surface area contributed by atoms with E-state index < -0.39 is 10.0 Å². The van der Waals surface area contributed by atoms with E-state index in [4.69, 9.17) is 0 Å². The molecule has 0 spiro atoms. The molecule has 1 heterocycles. The highest BCUT2D eigenvalue weighted by Crippen LogP contribution is 2.29. The maximum atomic E-state index is 13.0. The first-order valence-corrected chi connectivity index (χ1v) is 9.70. The fraction of sp³-hybridized carbons (Fsp3) is 0.611. The zero-order valence-corrected chi connectivity index (χ0v) is 15.5. The molecule has 0 atom stereocenters. The molecule has 1 saturated heterocycles. The van der Waals surface area contributed by atoms with Crippen molar-refractivity contribution in [3.63, 3.8) is 0 Å². The minimum Gasteiger partial charge on any atom is -0.299 e. The van der Waals surface area contributed by atoms with Crippen LogP contribution in [0.5, 0.6) is 0 Å². The Morgan fingerprint density at radius 2 is 1.57 bits per heavy atom. The highest BCUT2D eigenvalue weighted by Gasteiger charge is 2.34. The first-order chi connectivity index (χ1) is 10.6. The maximum absolute atomic E-state index is 13.0. The lowest BCUT2D eigenvalue weighted by molar-refractivity contribution is -0.126. The molecule has 0 aromatic heterocycles. The molecule has 1 aromatic carbocycles. The molecule has 0 aliphatic carbocycles. The summed E-state index contributed by atoms with van der Waals surface area (Å²) < 4.78 is 27.5. The van der Waals surface area contributed by atoms with Crippen molar-refractivity contribution in [2.24, 2.45) is 11.8 Å². The summed E-state index contributed by atoms with van der Waals surface area (Å²) in [7, 11) is -3.49. The van der Waals surface area contributed by atoms with Gasteiger partial charge in [0.25, 0.3) is 0 Å². The van der Waals surface area contributed by atoms with E-state index in [1.54, 1.807) is 4.31 Å². The monoisotopic (exact) mass is 337 g/mol. The number of Topliss-reactive ketones (excluding diaryl/α,β-unsaturated/α-hetero) is 1. The van der Waals surface area contributed by atoms with Gasteiger partial charge in [0.1, 0.15) is 5.78 Å². The second kappa shape index (κ2) is 6.73. The van der Waals surface area contributed by atoms with Gasteiger partial charge in [-0.1, -0.05) is 31.5 Å². The Morgan fingerprint density at radius 1 is 1.09 bits per heavy atom. The molecular formula is C18H27NO3S. The molecule has 128 valence electrons. The smallest absolute Gasteiger partial charge is 0.243 e. The zero-order chi connectivity index (χ0) is 17.4. The fourth-order valence-corrected chi connectivity index (χ4v) is 5.44. The van der Waals surface area contributed by atoms with Crippen LogP contribution in [0.4, 0.5) is 0 Å². The predicted octanol–water partition coefficient (Wildman–Crippen LogP) is 3.24. The predicted molar refractivity (Wildman–Crippen MR) is 92.0 cm³/mol. The van der Waals surface area contributed by atoms with Crippen LogP contribution in [0.15, 0.2) is 17.0 Å². The van der Waals surface area contributed by atoms with E-state index in [-0.39, 0.29) is 17.6 Å². The van der Waals surface area contributed by atoms with E-state index in [0.717, 1.165) is 16.7 Å².